The summed E-state index contributed by atoms with van der Waals surface area (Å²) in [6.45, 7) is 9.18. The van der Waals surface area contributed by atoms with Crippen LogP contribution in [0.15, 0.2) is 18.3 Å². The second-order valence-electron chi connectivity index (χ2n) is 9.35. The minimum absolute atomic E-state index is 0.0457. The number of aromatic nitrogens is 5. The molecule has 0 radical (unpaired) electrons. The van der Waals surface area contributed by atoms with E-state index in [2.05, 4.69) is 27.4 Å². The number of hydrogen-bond donors (Lipinski definition) is 2. The number of nitrogens with one attached hydrogen (secondary N) is 2. The number of ether oxygens (including phenoxy) is 1. The Morgan fingerprint density at radius 1 is 1.25 bits per heavy atom. The Morgan fingerprint density at radius 2 is 2.06 bits per heavy atom. The van der Waals surface area contributed by atoms with Crippen LogP contribution in [0.5, 0.6) is 0 Å². The molecule has 1 aliphatic rings. The van der Waals surface area contributed by atoms with E-state index in [0.29, 0.717) is 34.7 Å². The molecule has 0 unspecified atom stereocenters. The molecule has 9 nitrogen and oxygen atoms in total. The topological polar surface area (TPSA) is 93.0 Å². The summed E-state index contributed by atoms with van der Waals surface area (Å²) in [4.78, 5) is 16.4. The van der Waals surface area contributed by atoms with Gasteiger partial charge in [0, 0.05) is 31.9 Å². The van der Waals surface area contributed by atoms with Gasteiger partial charge in [-0.15, -0.1) is 0 Å². The van der Waals surface area contributed by atoms with Crippen molar-refractivity contribution in [2.24, 2.45) is 0 Å². The van der Waals surface area contributed by atoms with Crippen LogP contribution in [0.1, 0.15) is 44.4 Å². The molecule has 1 fully saturated rings. The van der Waals surface area contributed by atoms with Crippen LogP contribution in [0, 0.1) is 6.92 Å². The molecule has 0 aliphatic carbocycles. The summed E-state index contributed by atoms with van der Waals surface area (Å²) in [5.74, 6) is 1.75. The first-order valence-electron chi connectivity index (χ1n) is 12.3. The second-order valence-corrected chi connectivity index (χ2v) is 9.35. The van der Waals surface area contributed by atoms with Gasteiger partial charge in [-0.2, -0.15) is 23.3 Å². The summed E-state index contributed by atoms with van der Waals surface area (Å²) in [5, 5.41) is 11.5. The SMILES string of the molecule is CC[C@@H]1CN(c2nc(Nc3ccc(C)cn3)c3c(n2)c(C(C)C)nn3CCOCC(F)(F)F)CCN1. The van der Waals surface area contributed by atoms with Gasteiger partial charge in [0.25, 0.3) is 0 Å². The average Bonchev–Trinajstić information content (AvgIpc) is 3.22. The molecule has 36 heavy (non-hydrogen) atoms. The molecular formula is C24H33F3N8O. The maximum absolute atomic E-state index is 12.6. The predicted octanol–water partition coefficient (Wildman–Crippen LogP) is 4.16. The molecule has 0 spiro atoms. The molecule has 1 aliphatic heterocycles. The highest BCUT2D eigenvalue weighted by atomic mass is 19.4. The Bertz CT molecular complexity index is 1160. The first kappa shape index (κ1) is 26.1. The third kappa shape index (κ3) is 6.22. The summed E-state index contributed by atoms with van der Waals surface area (Å²) >= 11 is 0. The monoisotopic (exact) mass is 506 g/mol. The number of piperazine rings is 1. The Balaban J connectivity index is 1.76. The van der Waals surface area contributed by atoms with Crippen molar-refractivity contribution < 1.29 is 17.9 Å². The normalized spacial score (nSPS) is 16.8. The molecule has 2 N–H and O–H groups in total. The number of rotatable bonds is 9. The van der Waals surface area contributed by atoms with E-state index in [1.165, 1.54) is 0 Å². The molecule has 0 amide bonds. The van der Waals surface area contributed by atoms with Gasteiger partial charge in [-0.1, -0.05) is 26.8 Å². The van der Waals surface area contributed by atoms with Crippen LogP contribution in [0.2, 0.25) is 0 Å². The van der Waals surface area contributed by atoms with Gasteiger partial charge >= 0.3 is 6.18 Å². The number of nitrogens with zero attached hydrogens (tertiary/aromatic N) is 6. The molecule has 0 saturated carbocycles. The van der Waals surface area contributed by atoms with Crippen LogP contribution in [-0.2, 0) is 11.3 Å². The lowest BCUT2D eigenvalue weighted by molar-refractivity contribution is -0.174. The fourth-order valence-electron chi connectivity index (χ4n) is 4.16. The van der Waals surface area contributed by atoms with Crippen LogP contribution in [-0.4, -0.2) is 69.8 Å². The lowest BCUT2D eigenvalue weighted by atomic mass is 10.1. The van der Waals surface area contributed by atoms with Gasteiger partial charge in [0.15, 0.2) is 5.82 Å². The molecule has 196 valence electrons. The maximum atomic E-state index is 12.6. The standard InChI is InChI=1S/C24H33F3N8O/c1-5-17-13-34(9-8-28-17)23-31-20-19(15(2)3)33-35(10-11-36-14-24(25,26)27)21(20)22(32-23)30-18-7-6-16(4)12-29-18/h6-7,12,15,17,28H,5,8-11,13-14H2,1-4H3,(H,29,30,31,32)/t17-/m1/s1. The van der Waals surface area contributed by atoms with Gasteiger partial charge in [0.1, 0.15) is 23.5 Å². The molecule has 12 heteroatoms. The van der Waals surface area contributed by atoms with Crippen LogP contribution in [0.3, 0.4) is 0 Å². The molecule has 1 atom stereocenters. The van der Waals surface area contributed by atoms with Crippen molar-refractivity contribution in [3.8, 4) is 0 Å². The number of pyridine rings is 1. The molecule has 4 heterocycles. The zero-order valence-electron chi connectivity index (χ0n) is 21.1. The van der Waals surface area contributed by atoms with E-state index in [0.717, 1.165) is 37.3 Å². The minimum atomic E-state index is -4.38. The van der Waals surface area contributed by atoms with Crippen molar-refractivity contribution >= 4 is 28.6 Å². The predicted molar refractivity (Wildman–Crippen MR) is 133 cm³/mol. The van der Waals surface area contributed by atoms with Gasteiger partial charge in [-0.25, -0.2) is 9.97 Å². The summed E-state index contributed by atoms with van der Waals surface area (Å²) in [6.07, 6.45) is -1.63. The maximum Gasteiger partial charge on any atom is 0.411 e. The number of hydrogen-bond acceptors (Lipinski definition) is 8. The van der Waals surface area contributed by atoms with Crippen molar-refractivity contribution in [3.05, 3.63) is 29.6 Å². The van der Waals surface area contributed by atoms with E-state index in [-0.39, 0.29) is 19.1 Å². The largest absolute Gasteiger partial charge is 0.411 e. The molecule has 3 aromatic rings. The third-order valence-electron chi connectivity index (χ3n) is 6.05. The molecule has 3 aromatic heterocycles. The quantitative estimate of drug-likeness (QED) is 0.418. The highest BCUT2D eigenvalue weighted by Crippen LogP contribution is 2.31. The molecule has 1 saturated heterocycles. The Morgan fingerprint density at radius 3 is 2.72 bits per heavy atom. The van der Waals surface area contributed by atoms with Crippen molar-refractivity contribution in [2.75, 3.05) is 43.1 Å². The van der Waals surface area contributed by atoms with Crippen LogP contribution in [0.4, 0.5) is 30.8 Å². The van der Waals surface area contributed by atoms with Gasteiger partial charge in [-0.3, -0.25) is 4.68 Å². The molecular weight excluding hydrogens is 473 g/mol. The lowest BCUT2D eigenvalue weighted by Crippen LogP contribution is -2.51. The third-order valence-corrected chi connectivity index (χ3v) is 6.05. The van der Waals surface area contributed by atoms with Crippen molar-refractivity contribution in [2.45, 2.75) is 58.8 Å². The lowest BCUT2D eigenvalue weighted by Gasteiger charge is -2.33. The molecule has 4 rings (SSSR count). The van der Waals surface area contributed by atoms with Crippen LogP contribution >= 0.6 is 0 Å². The second kappa shape index (κ2) is 11.0. The fraction of sp³-hybridized carbons (Fsp3) is 0.583. The zero-order chi connectivity index (χ0) is 25.9. The number of anilines is 3. The number of halogens is 3. The first-order chi connectivity index (χ1) is 17.1. The first-order valence-corrected chi connectivity index (χ1v) is 12.3. The Hall–Kier alpha value is -2.99. The van der Waals surface area contributed by atoms with E-state index in [4.69, 9.17) is 19.8 Å². The van der Waals surface area contributed by atoms with E-state index >= 15 is 0 Å². The smallest absolute Gasteiger partial charge is 0.370 e. The number of alkyl halides is 3. The molecule has 0 aromatic carbocycles. The van der Waals surface area contributed by atoms with E-state index in [1.807, 2.05) is 32.9 Å². The van der Waals surface area contributed by atoms with E-state index in [1.54, 1.807) is 10.9 Å². The van der Waals surface area contributed by atoms with Gasteiger partial charge < -0.3 is 20.3 Å². The van der Waals surface area contributed by atoms with E-state index < -0.39 is 12.8 Å². The summed E-state index contributed by atoms with van der Waals surface area (Å²) < 4.78 is 44.2. The molecule has 0 bridgehead atoms. The Labute approximate surface area is 208 Å². The van der Waals surface area contributed by atoms with Crippen molar-refractivity contribution in [1.82, 2.24) is 30.0 Å². The van der Waals surface area contributed by atoms with Crippen molar-refractivity contribution in [3.63, 3.8) is 0 Å². The van der Waals surface area contributed by atoms with Crippen LogP contribution < -0.4 is 15.5 Å². The fourth-order valence-corrected chi connectivity index (χ4v) is 4.16. The number of aryl methyl sites for hydroxylation is 1. The minimum Gasteiger partial charge on any atom is -0.370 e. The van der Waals surface area contributed by atoms with Crippen LogP contribution in [0.25, 0.3) is 11.0 Å². The highest BCUT2D eigenvalue weighted by Gasteiger charge is 2.28. The van der Waals surface area contributed by atoms with E-state index in [9.17, 15) is 13.2 Å². The van der Waals surface area contributed by atoms with Gasteiger partial charge in [-0.05, 0) is 30.9 Å². The summed E-state index contributed by atoms with van der Waals surface area (Å²) in [7, 11) is 0. The highest BCUT2D eigenvalue weighted by molar-refractivity contribution is 5.90. The number of fused-ring (bicyclic) bond motifs is 1. The average molecular weight is 507 g/mol. The van der Waals surface area contributed by atoms with Crippen molar-refractivity contribution in [1.29, 1.82) is 0 Å². The van der Waals surface area contributed by atoms with Gasteiger partial charge in [0.2, 0.25) is 5.95 Å². The summed E-state index contributed by atoms with van der Waals surface area (Å²) in [6, 6.07) is 4.14. The summed E-state index contributed by atoms with van der Waals surface area (Å²) in [5.41, 5.74) is 3.07. The van der Waals surface area contributed by atoms with Gasteiger partial charge in [0.05, 0.1) is 18.8 Å². The Kier molecular flexibility index (Phi) is 7.94. The zero-order valence-corrected chi connectivity index (χ0v) is 21.1.